The predicted molar refractivity (Wildman–Crippen MR) is 75.3 cm³/mol. The summed E-state index contributed by atoms with van der Waals surface area (Å²) in [5.41, 5.74) is 1.38. The van der Waals surface area contributed by atoms with Crippen LogP contribution < -0.4 is 10.1 Å². The lowest BCUT2D eigenvalue weighted by Gasteiger charge is -2.19. The smallest absolute Gasteiger partial charge is 0.248 e. The second-order valence-electron chi connectivity index (χ2n) is 5.59. The van der Waals surface area contributed by atoms with Gasteiger partial charge in [0.1, 0.15) is 18.5 Å². The maximum atomic E-state index is 11.1. The zero-order valence-electron chi connectivity index (χ0n) is 12.1. The van der Waals surface area contributed by atoms with Crippen LogP contribution in [0.5, 0.6) is 5.75 Å². The molecule has 1 amide bonds. The van der Waals surface area contributed by atoms with Crippen LogP contribution in [0, 0.1) is 0 Å². The molecule has 0 spiro atoms. The van der Waals surface area contributed by atoms with Crippen LogP contribution in [-0.2, 0) is 10.2 Å². The van der Waals surface area contributed by atoms with Crippen molar-refractivity contribution in [2.75, 3.05) is 13.2 Å². The highest BCUT2D eigenvalue weighted by molar-refractivity contribution is 5.79. The second-order valence-corrected chi connectivity index (χ2v) is 5.59. The zero-order chi connectivity index (χ0) is 14.5. The van der Waals surface area contributed by atoms with E-state index in [9.17, 15) is 4.79 Å². The minimum absolute atomic E-state index is 0.129. The molecule has 0 fully saturated rings. The number of carbonyl (C=O) groups excluding carboxylic acids is 1. The molecule has 1 aromatic carbocycles. The second kappa shape index (κ2) is 6.57. The highest BCUT2D eigenvalue weighted by Gasteiger charge is 2.13. The van der Waals surface area contributed by atoms with Crippen molar-refractivity contribution < 1.29 is 14.6 Å². The van der Waals surface area contributed by atoms with E-state index in [0.29, 0.717) is 13.2 Å². The summed E-state index contributed by atoms with van der Waals surface area (Å²) in [5.74, 6) is 0.394. The number of aliphatic hydroxyl groups is 1. The number of hydrogen-bond donors (Lipinski definition) is 2. The molecule has 1 unspecified atom stereocenters. The third-order valence-corrected chi connectivity index (χ3v) is 2.77. The van der Waals surface area contributed by atoms with Crippen LogP contribution >= 0.6 is 0 Å². The van der Waals surface area contributed by atoms with Crippen molar-refractivity contribution in [3.63, 3.8) is 0 Å². The number of hydrogen-bond acceptors (Lipinski definition) is 3. The third-order valence-electron chi connectivity index (χ3n) is 2.77. The van der Waals surface area contributed by atoms with Crippen LogP contribution in [0.2, 0.25) is 0 Å². The van der Waals surface area contributed by atoms with E-state index in [-0.39, 0.29) is 11.3 Å². The van der Waals surface area contributed by atoms with E-state index in [2.05, 4.69) is 26.1 Å². The van der Waals surface area contributed by atoms with Gasteiger partial charge < -0.3 is 15.2 Å². The maximum absolute atomic E-state index is 11.1. The summed E-state index contributed by atoms with van der Waals surface area (Å²) < 4.78 is 5.51. The highest BCUT2D eigenvalue weighted by Crippen LogP contribution is 2.24. The fraction of sp³-hybridized carbons (Fsp3) is 0.533. The van der Waals surface area contributed by atoms with Crippen molar-refractivity contribution in [1.29, 1.82) is 0 Å². The Morgan fingerprint density at radius 2 is 1.89 bits per heavy atom. The van der Waals surface area contributed by atoms with Gasteiger partial charge >= 0.3 is 0 Å². The van der Waals surface area contributed by atoms with Gasteiger partial charge in [0.25, 0.3) is 0 Å². The summed E-state index contributed by atoms with van der Waals surface area (Å²) in [5, 5.41) is 11.6. The fourth-order valence-electron chi connectivity index (χ4n) is 1.54. The summed E-state index contributed by atoms with van der Waals surface area (Å²) in [6.45, 7) is 8.68. The molecule has 0 aromatic heterocycles. The summed E-state index contributed by atoms with van der Waals surface area (Å²) in [4.78, 5) is 11.1. The Kier molecular flexibility index (Phi) is 5.36. The van der Waals surface area contributed by atoms with Gasteiger partial charge in [0.2, 0.25) is 5.91 Å². The Bertz CT molecular complexity index is 404. The molecule has 106 valence electrons. The molecule has 4 nitrogen and oxygen atoms in total. The summed E-state index contributed by atoms with van der Waals surface area (Å²) in [6, 6.07) is 7.95. The lowest BCUT2D eigenvalue weighted by molar-refractivity contribution is -0.128. The van der Waals surface area contributed by atoms with Crippen molar-refractivity contribution in [3.05, 3.63) is 29.8 Å². The first-order chi connectivity index (χ1) is 8.80. The molecule has 2 N–H and O–H groups in total. The molecular formula is C15H23NO3. The Morgan fingerprint density at radius 3 is 2.37 bits per heavy atom. The minimum atomic E-state index is -0.980. The molecule has 1 rings (SSSR count). The lowest BCUT2D eigenvalue weighted by atomic mass is 9.87. The van der Waals surface area contributed by atoms with E-state index in [1.54, 1.807) is 0 Å². The number of nitrogens with one attached hydrogen (secondary N) is 1. The molecular weight excluding hydrogens is 242 g/mol. The standard InChI is InChI=1S/C15H23NO3/c1-11(17)14(18)16-9-10-19-13-7-5-12(6-8-13)15(2,3)4/h5-8,11,17H,9-10H2,1-4H3,(H,16,18). The molecule has 0 saturated heterocycles. The summed E-state index contributed by atoms with van der Waals surface area (Å²) in [7, 11) is 0. The molecule has 1 aromatic rings. The number of benzene rings is 1. The Morgan fingerprint density at radius 1 is 1.32 bits per heavy atom. The van der Waals surface area contributed by atoms with E-state index >= 15 is 0 Å². The predicted octanol–water partition coefficient (Wildman–Crippen LogP) is 1.86. The van der Waals surface area contributed by atoms with Gasteiger partial charge in [-0.1, -0.05) is 32.9 Å². The quantitative estimate of drug-likeness (QED) is 0.799. The average molecular weight is 265 g/mol. The van der Waals surface area contributed by atoms with Crippen molar-refractivity contribution in [1.82, 2.24) is 5.32 Å². The van der Waals surface area contributed by atoms with Crippen LogP contribution in [0.3, 0.4) is 0 Å². The van der Waals surface area contributed by atoms with Gasteiger partial charge in [-0.3, -0.25) is 4.79 Å². The first-order valence-corrected chi connectivity index (χ1v) is 6.50. The average Bonchev–Trinajstić information content (AvgIpc) is 2.33. The van der Waals surface area contributed by atoms with Crippen LogP contribution in [0.4, 0.5) is 0 Å². The normalized spacial score (nSPS) is 12.9. The van der Waals surface area contributed by atoms with Gasteiger partial charge in [0.05, 0.1) is 6.54 Å². The SMILES string of the molecule is CC(O)C(=O)NCCOc1ccc(C(C)(C)C)cc1. The number of carbonyl (C=O) groups is 1. The third kappa shape index (κ3) is 5.30. The van der Waals surface area contributed by atoms with Gasteiger partial charge in [-0.25, -0.2) is 0 Å². The van der Waals surface area contributed by atoms with E-state index in [1.807, 2.05) is 24.3 Å². The van der Waals surface area contributed by atoms with Crippen molar-refractivity contribution in [2.45, 2.75) is 39.2 Å². The minimum Gasteiger partial charge on any atom is -0.492 e. The van der Waals surface area contributed by atoms with Crippen molar-refractivity contribution in [2.24, 2.45) is 0 Å². The first kappa shape index (κ1) is 15.5. The van der Waals surface area contributed by atoms with Gasteiger partial charge in [0, 0.05) is 0 Å². The van der Waals surface area contributed by atoms with Crippen LogP contribution in [0.15, 0.2) is 24.3 Å². The van der Waals surface area contributed by atoms with Gasteiger partial charge in [-0.05, 0) is 30.0 Å². The largest absolute Gasteiger partial charge is 0.492 e. The number of aliphatic hydroxyl groups excluding tert-OH is 1. The maximum Gasteiger partial charge on any atom is 0.248 e. The van der Waals surface area contributed by atoms with E-state index < -0.39 is 6.10 Å². The molecule has 0 saturated carbocycles. The van der Waals surface area contributed by atoms with Crippen LogP contribution in [0.1, 0.15) is 33.3 Å². The van der Waals surface area contributed by atoms with E-state index in [1.165, 1.54) is 12.5 Å². The first-order valence-electron chi connectivity index (χ1n) is 6.50. The van der Waals surface area contributed by atoms with E-state index in [0.717, 1.165) is 5.75 Å². The number of ether oxygens (including phenoxy) is 1. The molecule has 4 heteroatoms. The lowest BCUT2D eigenvalue weighted by Crippen LogP contribution is -2.35. The van der Waals surface area contributed by atoms with Crippen molar-refractivity contribution in [3.8, 4) is 5.75 Å². The molecule has 1 atom stereocenters. The van der Waals surface area contributed by atoms with Gasteiger partial charge in [0.15, 0.2) is 0 Å². The molecule has 0 aliphatic heterocycles. The molecule has 0 bridgehead atoms. The Balaban J connectivity index is 2.37. The number of rotatable bonds is 5. The monoisotopic (exact) mass is 265 g/mol. The van der Waals surface area contributed by atoms with Crippen LogP contribution in [0.25, 0.3) is 0 Å². The van der Waals surface area contributed by atoms with Gasteiger partial charge in [-0.15, -0.1) is 0 Å². The van der Waals surface area contributed by atoms with Crippen molar-refractivity contribution >= 4 is 5.91 Å². The summed E-state index contributed by atoms with van der Waals surface area (Å²) in [6.07, 6.45) is -0.980. The molecule has 0 aliphatic carbocycles. The Labute approximate surface area is 114 Å². The summed E-state index contributed by atoms with van der Waals surface area (Å²) >= 11 is 0. The molecule has 0 aliphatic rings. The molecule has 19 heavy (non-hydrogen) atoms. The number of amides is 1. The molecule has 0 heterocycles. The Hall–Kier alpha value is -1.55. The van der Waals surface area contributed by atoms with E-state index in [4.69, 9.17) is 9.84 Å². The van der Waals surface area contributed by atoms with Crippen LogP contribution in [-0.4, -0.2) is 30.3 Å². The van der Waals surface area contributed by atoms with Gasteiger partial charge in [-0.2, -0.15) is 0 Å². The zero-order valence-corrected chi connectivity index (χ0v) is 12.1. The topological polar surface area (TPSA) is 58.6 Å². The molecule has 0 radical (unpaired) electrons. The fourth-order valence-corrected chi connectivity index (χ4v) is 1.54. The highest BCUT2D eigenvalue weighted by atomic mass is 16.5.